The van der Waals surface area contributed by atoms with Gasteiger partial charge in [-0.05, 0) is 30.5 Å². The Balaban J connectivity index is 2.73. The molecule has 1 aromatic carbocycles. The summed E-state index contributed by atoms with van der Waals surface area (Å²) < 4.78 is 6.74. The Morgan fingerprint density at radius 1 is 1.47 bits per heavy atom. The van der Waals surface area contributed by atoms with Gasteiger partial charge in [0.05, 0.1) is 12.7 Å². The van der Waals surface area contributed by atoms with Crippen LogP contribution >= 0.6 is 0 Å². The third kappa shape index (κ3) is 1.78. The molecule has 0 aliphatic rings. The lowest BCUT2D eigenvalue weighted by molar-refractivity contribution is 0.0603. The van der Waals surface area contributed by atoms with Crippen LogP contribution in [0.3, 0.4) is 0 Å². The summed E-state index contributed by atoms with van der Waals surface area (Å²) in [6.45, 7) is 0. The number of hydrogen-bond donors (Lipinski definition) is 1. The minimum Gasteiger partial charge on any atom is -0.465 e. The quantitative estimate of drug-likeness (QED) is 0.801. The van der Waals surface area contributed by atoms with Crippen LogP contribution in [0, 0.1) is 0 Å². The number of methoxy groups -OCH3 is 1. The molecule has 2 N–H and O–H groups in total. The molecule has 0 spiro atoms. The van der Waals surface area contributed by atoms with Crippen LogP contribution in [0.25, 0.3) is 17.0 Å². The first kappa shape index (κ1) is 11.3. The topological polar surface area (TPSA) is 57.2 Å². The SMILES string of the molecule is COC(=O)c1cccc2c1cc(/C=C/N)n2C. The molecule has 4 nitrogen and oxygen atoms in total. The summed E-state index contributed by atoms with van der Waals surface area (Å²) in [5, 5.41) is 0.870. The van der Waals surface area contributed by atoms with Gasteiger partial charge in [0.1, 0.15) is 0 Å². The van der Waals surface area contributed by atoms with E-state index in [0.717, 1.165) is 16.6 Å². The predicted molar refractivity (Wildman–Crippen MR) is 67.5 cm³/mol. The number of hydrogen-bond acceptors (Lipinski definition) is 3. The van der Waals surface area contributed by atoms with Crippen molar-refractivity contribution >= 4 is 22.9 Å². The molecule has 0 aliphatic heterocycles. The van der Waals surface area contributed by atoms with Gasteiger partial charge in [-0.25, -0.2) is 4.79 Å². The highest BCUT2D eigenvalue weighted by atomic mass is 16.5. The van der Waals surface area contributed by atoms with Crippen molar-refractivity contribution in [2.24, 2.45) is 12.8 Å². The Morgan fingerprint density at radius 2 is 2.24 bits per heavy atom. The zero-order valence-corrected chi connectivity index (χ0v) is 9.81. The third-order valence-electron chi connectivity index (χ3n) is 2.80. The Kier molecular flexibility index (Phi) is 2.87. The number of carbonyl (C=O) groups excluding carboxylic acids is 1. The van der Waals surface area contributed by atoms with Crippen LogP contribution < -0.4 is 5.73 Å². The van der Waals surface area contributed by atoms with Crippen LogP contribution in [-0.4, -0.2) is 17.6 Å². The normalized spacial score (nSPS) is 11.2. The molecule has 2 aromatic rings. The average Bonchev–Trinajstić information content (AvgIpc) is 2.66. The van der Waals surface area contributed by atoms with Gasteiger partial charge in [0.15, 0.2) is 0 Å². The van der Waals surface area contributed by atoms with Gasteiger partial charge in [-0.3, -0.25) is 0 Å². The maximum Gasteiger partial charge on any atom is 0.338 e. The second kappa shape index (κ2) is 4.33. The lowest BCUT2D eigenvalue weighted by atomic mass is 10.1. The molecule has 1 aromatic heterocycles. The predicted octanol–water partition coefficient (Wildman–Crippen LogP) is 1.89. The van der Waals surface area contributed by atoms with E-state index in [9.17, 15) is 4.79 Å². The van der Waals surface area contributed by atoms with Crippen molar-refractivity contribution in [3.63, 3.8) is 0 Å². The number of rotatable bonds is 2. The molecule has 0 aliphatic carbocycles. The van der Waals surface area contributed by atoms with Crippen molar-refractivity contribution in [1.29, 1.82) is 0 Å². The molecule has 1 heterocycles. The van der Waals surface area contributed by atoms with Crippen LogP contribution in [-0.2, 0) is 11.8 Å². The number of benzene rings is 1. The fourth-order valence-electron chi connectivity index (χ4n) is 1.93. The molecule has 2 rings (SSSR count). The lowest BCUT2D eigenvalue weighted by Crippen LogP contribution is -2.01. The summed E-state index contributed by atoms with van der Waals surface area (Å²) in [5.74, 6) is -0.329. The van der Waals surface area contributed by atoms with Gasteiger partial charge >= 0.3 is 5.97 Å². The average molecular weight is 230 g/mol. The zero-order chi connectivity index (χ0) is 12.4. The van der Waals surface area contributed by atoms with Gasteiger partial charge in [0.2, 0.25) is 0 Å². The molecule has 0 saturated carbocycles. The first-order chi connectivity index (χ1) is 8.19. The highest BCUT2D eigenvalue weighted by molar-refractivity contribution is 6.04. The number of aromatic nitrogens is 1. The zero-order valence-electron chi connectivity index (χ0n) is 9.81. The number of fused-ring (bicyclic) bond motifs is 1. The second-order valence-electron chi connectivity index (χ2n) is 3.72. The highest BCUT2D eigenvalue weighted by Gasteiger charge is 2.13. The van der Waals surface area contributed by atoms with E-state index in [-0.39, 0.29) is 5.97 Å². The summed E-state index contributed by atoms with van der Waals surface area (Å²) in [6.07, 6.45) is 3.27. The maximum absolute atomic E-state index is 11.6. The maximum atomic E-state index is 11.6. The standard InChI is InChI=1S/C13H14N2O2/c1-15-9(6-7-14)8-11-10(13(16)17-2)4-3-5-12(11)15/h3-8H,14H2,1-2H3/b7-6+. The molecule has 0 amide bonds. The van der Waals surface area contributed by atoms with Crippen LogP contribution in [0.1, 0.15) is 16.1 Å². The summed E-state index contributed by atoms with van der Waals surface area (Å²) in [4.78, 5) is 11.6. The summed E-state index contributed by atoms with van der Waals surface area (Å²) in [7, 11) is 3.31. The fraction of sp³-hybridized carbons (Fsp3) is 0.154. The van der Waals surface area contributed by atoms with Crippen LogP contribution in [0.4, 0.5) is 0 Å². The lowest BCUT2D eigenvalue weighted by Gasteiger charge is -2.02. The number of nitrogens with two attached hydrogens (primary N) is 1. The number of nitrogens with zero attached hydrogens (tertiary/aromatic N) is 1. The minimum absolute atomic E-state index is 0.329. The van der Waals surface area contributed by atoms with Crippen molar-refractivity contribution in [2.45, 2.75) is 0 Å². The van der Waals surface area contributed by atoms with Gasteiger partial charge in [-0.1, -0.05) is 6.07 Å². The summed E-state index contributed by atoms with van der Waals surface area (Å²) >= 11 is 0. The van der Waals surface area contributed by atoms with E-state index in [1.807, 2.05) is 29.8 Å². The molecular formula is C13H14N2O2. The largest absolute Gasteiger partial charge is 0.465 e. The van der Waals surface area contributed by atoms with Gasteiger partial charge in [-0.2, -0.15) is 0 Å². The Morgan fingerprint density at radius 3 is 2.88 bits per heavy atom. The van der Waals surface area contributed by atoms with Crippen molar-refractivity contribution in [1.82, 2.24) is 4.57 Å². The monoisotopic (exact) mass is 230 g/mol. The van der Waals surface area contributed by atoms with Gasteiger partial charge in [0, 0.05) is 23.6 Å². The van der Waals surface area contributed by atoms with Crippen molar-refractivity contribution < 1.29 is 9.53 Å². The van der Waals surface area contributed by atoms with E-state index in [1.165, 1.54) is 13.3 Å². The molecule has 4 heteroatoms. The van der Waals surface area contributed by atoms with Gasteiger partial charge in [-0.15, -0.1) is 0 Å². The second-order valence-corrected chi connectivity index (χ2v) is 3.72. The molecule has 0 saturated heterocycles. The Hall–Kier alpha value is -2.23. The smallest absolute Gasteiger partial charge is 0.338 e. The fourth-order valence-corrected chi connectivity index (χ4v) is 1.93. The van der Waals surface area contributed by atoms with Crippen LogP contribution in [0.15, 0.2) is 30.5 Å². The van der Waals surface area contributed by atoms with Crippen LogP contribution in [0.2, 0.25) is 0 Å². The highest BCUT2D eigenvalue weighted by Crippen LogP contribution is 2.23. The molecular weight excluding hydrogens is 216 g/mol. The van der Waals surface area contributed by atoms with Gasteiger partial charge < -0.3 is 15.0 Å². The molecule has 0 unspecified atom stereocenters. The van der Waals surface area contributed by atoms with E-state index in [0.29, 0.717) is 5.56 Å². The van der Waals surface area contributed by atoms with Crippen LogP contribution in [0.5, 0.6) is 0 Å². The molecule has 0 radical (unpaired) electrons. The Labute approximate surface area is 99.3 Å². The first-order valence-corrected chi connectivity index (χ1v) is 5.24. The first-order valence-electron chi connectivity index (χ1n) is 5.24. The number of carbonyl (C=O) groups is 1. The third-order valence-corrected chi connectivity index (χ3v) is 2.80. The number of esters is 1. The molecule has 0 fully saturated rings. The minimum atomic E-state index is -0.329. The number of ether oxygens (including phenoxy) is 1. The molecule has 0 bridgehead atoms. The number of aryl methyl sites for hydroxylation is 1. The Bertz CT molecular complexity index is 597. The molecule has 17 heavy (non-hydrogen) atoms. The van der Waals surface area contributed by atoms with Crippen molar-refractivity contribution in [3.8, 4) is 0 Å². The van der Waals surface area contributed by atoms with Crippen molar-refractivity contribution in [2.75, 3.05) is 7.11 Å². The van der Waals surface area contributed by atoms with Crippen molar-refractivity contribution in [3.05, 3.63) is 41.7 Å². The van der Waals surface area contributed by atoms with E-state index in [1.54, 1.807) is 12.1 Å². The van der Waals surface area contributed by atoms with E-state index in [2.05, 4.69) is 0 Å². The van der Waals surface area contributed by atoms with E-state index < -0.39 is 0 Å². The summed E-state index contributed by atoms with van der Waals surface area (Å²) in [5.41, 5.74) is 7.87. The molecule has 88 valence electrons. The van der Waals surface area contributed by atoms with Gasteiger partial charge in [0.25, 0.3) is 0 Å². The summed E-state index contributed by atoms with van der Waals surface area (Å²) in [6, 6.07) is 7.47. The van der Waals surface area contributed by atoms with E-state index >= 15 is 0 Å². The van der Waals surface area contributed by atoms with E-state index in [4.69, 9.17) is 10.5 Å². The molecule has 0 atom stereocenters.